The molecule has 1 saturated heterocycles. The molecule has 0 spiro atoms. The first kappa shape index (κ1) is 42.0. The van der Waals surface area contributed by atoms with Crippen LogP contribution in [0.5, 0.6) is 0 Å². The summed E-state index contributed by atoms with van der Waals surface area (Å²) in [7, 11) is -3.97. The molecule has 4 N–H and O–H groups in total. The molecular weight excluding hydrogens is 691 g/mol. The molecule has 1 aromatic rings. The number of aryl methyl sites for hydroxylation is 1. The summed E-state index contributed by atoms with van der Waals surface area (Å²) in [5.74, 6) is -3.12. The fourth-order valence-corrected chi connectivity index (χ4v) is 7.05. The first-order valence-corrected chi connectivity index (χ1v) is 19.0. The normalized spacial score (nSPS) is 19.3. The molecule has 2 fully saturated rings. The SMILES string of the molecule is C=CCC(=C)[C@H](C)[C@H](NC(=O)[C@@H]1CC(OC(=O)NCc2ccccc2C)CN1C(=O)[C@@H](NC(=O)OC(C)(C)C)C(C)(C)C)C(=O)NS(=O)(=O)C1CC1. The summed E-state index contributed by atoms with van der Waals surface area (Å²) < 4.78 is 38.7. The number of nitrogens with zero attached hydrogens (tertiary/aromatic N) is 1. The number of benzene rings is 1. The van der Waals surface area contributed by atoms with Gasteiger partial charge in [-0.25, -0.2) is 18.0 Å². The zero-order chi connectivity index (χ0) is 39.2. The van der Waals surface area contributed by atoms with Crippen LogP contribution >= 0.6 is 0 Å². The fourth-order valence-electron chi connectivity index (χ4n) is 5.72. The van der Waals surface area contributed by atoms with Gasteiger partial charge in [0.2, 0.25) is 21.8 Å². The second-order valence-corrected chi connectivity index (χ2v) is 17.6. The summed E-state index contributed by atoms with van der Waals surface area (Å²) in [5.41, 5.74) is 0.637. The molecule has 14 nitrogen and oxygen atoms in total. The van der Waals surface area contributed by atoms with Crippen LogP contribution in [0.3, 0.4) is 0 Å². The van der Waals surface area contributed by atoms with Gasteiger partial charge in [0.15, 0.2) is 0 Å². The molecule has 0 aromatic heterocycles. The number of likely N-dealkylation sites (tertiary alicyclic amines) is 1. The van der Waals surface area contributed by atoms with Crippen LogP contribution in [0.15, 0.2) is 49.1 Å². The Kier molecular flexibility index (Phi) is 13.7. The van der Waals surface area contributed by atoms with E-state index < -0.39 is 86.3 Å². The number of sulfonamides is 1. The number of amides is 5. The molecule has 1 heterocycles. The summed E-state index contributed by atoms with van der Waals surface area (Å²) in [6.07, 6.45) is 0.00816. The summed E-state index contributed by atoms with van der Waals surface area (Å²) >= 11 is 0. The third kappa shape index (κ3) is 11.8. The number of carbonyl (C=O) groups excluding carboxylic acids is 5. The molecule has 52 heavy (non-hydrogen) atoms. The van der Waals surface area contributed by atoms with E-state index in [1.165, 1.54) is 4.90 Å². The van der Waals surface area contributed by atoms with Gasteiger partial charge in [-0.15, -0.1) is 6.58 Å². The molecule has 1 aromatic carbocycles. The number of nitrogens with one attached hydrogen (secondary N) is 4. The average molecular weight is 746 g/mol. The lowest BCUT2D eigenvalue weighted by Gasteiger charge is -2.36. The van der Waals surface area contributed by atoms with Crippen LogP contribution in [-0.4, -0.2) is 84.9 Å². The molecule has 5 amide bonds. The highest BCUT2D eigenvalue weighted by atomic mass is 32.2. The number of allylic oxidation sites excluding steroid dienone is 1. The zero-order valence-corrected chi connectivity index (χ0v) is 32.4. The molecule has 2 aliphatic rings. The van der Waals surface area contributed by atoms with E-state index in [1.54, 1.807) is 54.5 Å². The lowest BCUT2D eigenvalue weighted by molar-refractivity contribution is -0.142. The molecule has 1 aliphatic heterocycles. The molecule has 0 radical (unpaired) electrons. The molecule has 1 saturated carbocycles. The predicted octanol–water partition coefficient (Wildman–Crippen LogP) is 3.99. The topological polar surface area (TPSA) is 189 Å². The molecule has 5 atom stereocenters. The first-order valence-electron chi connectivity index (χ1n) is 17.5. The maximum Gasteiger partial charge on any atom is 0.408 e. The van der Waals surface area contributed by atoms with Crippen LogP contribution in [-0.2, 0) is 40.4 Å². The van der Waals surface area contributed by atoms with Crippen LogP contribution in [0.1, 0.15) is 85.3 Å². The van der Waals surface area contributed by atoms with E-state index in [1.807, 2.05) is 31.2 Å². The Morgan fingerprint density at radius 2 is 1.65 bits per heavy atom. The minimum Gasteiger partial charge on any atom is -0.444 e. The van der Waals surface area contributed by atoms with Crippen molar-refractivity contribution in [2.45, 2.75) is 123 Å². The Morgan fingerprint density at radius 3 is 2.21 bits per heavy atom. The summed E-state index contributed by atoms with van der Waals surface area (Å²) in [5, 5.41) is 7.32. The quantitative estimate of drug-likeness (QED) is 0.204. The van der Waals surface area contributed by atoms with Gasteiger partial charge < -0.3 is 30.3 Å². The van der Waals surface area contributed by atoms with E-state index in [0.717, 1.165) is 11.1 Å². The number of carbonyl (C=O) groups is 5. The largest absolute Gasteiger partial charge is 0.444 e. The van der Waals surface area contributed by atoms with Crippen molar-refractivity contribution in [1.29, 1.82) is 0 Å². The van der Waals surface area contributed by atoms with E-state index in [9.17, 15) is 32.4 Å². The van der Waals surface area contributed by atoms with Gasteiger partial charge in [0, 0.05) is 18.9 Å². The second kappa shape index (κ2) is 17.0. The van der Waals surface area contributed by atoms with Crippen LogP contribution in [0.25, 0.3) is 0 Å². The van der Waals surface area contributed by atoms with Crippen molar-refractivity contribution in [1.82, 2.24) is 25.6 Å². The third-order valence-corrected chi connectivity index (χ3v) is 10.8. The van der Waals surface area contributed by atoms with Crippen molar-refractivity contribution >= 4 is 39.9 Å². The van der Waals surface area contributed by atoms with Crippen molar-refractivity contribution in [3.63, 3.8) is 0 Å². The van der Waals surface area contributed by atoms with E-state index in [-0.39, 0.29) is 19.5 Å². The lowest BCUT2D eigenvalue weighted by Crippen LogP contribution is -2.60. The van der Waals surface area contributed by atoms with Crippen molar-refractivity contribution in [2.24, 2.45) is 11.3 Å². The zero-order valence-electron chi connectivity index (χ0n) is 31.5. The Balaban J connectivity index is 1.92. The third-order valence-electron chi connectivity index (χ3n) is 8.92. The van der Waals surface area contributed by atoms with E-state index in [2.05, 4.69) is 33.8 Å². The molecular formula is C37H55N5O9S. The van der Waals surface area contributed by atoms with Crippen LogP contribution < -0.4 is 20.7 Å². The Labute approximate surface area is 307 Å². The average Bonchev–Trinajstić information content (AvgIpc) is 3.81. The fraction of sp³-hybridized carbons (Fsp3) is 0.595. The molecule has 1 unspecified atom stereocenters. The minimum absolute atomic E-state index is 0.143. The van der Waals surface area contributed by atoms with Gasteiger partial charge in [0.05, 0.1) is 11.8 Å². The second-order valence-electron chi connectivity index (χ2n) is 15.6. The highest BCUT2D eigenvalue weighted by molar-refractivity contribution is 7.90. The first-order chi connectivity index (χ1) is 24.0. The Morgan fingerprint density at radius 1 is 1.02 bits per heavy atom. The van der Waals surface area contributed by atoms with Crippen LogP contribution in [0, 0.1) is 18.3 Å². The van der Waals surface area contributed by atoms with Crippen molar-refractivity contribution in [3.8, 4) is 0 Å². The summed E-state index contributed by atoms with van der Waals surface area (Å²) in [6.45, 7) is 21.5. The van der Waals surface area contributed by atoms with Gasteiger partial charge in [-0.2, -0.15) is 0 Å². The summed E-state index contributed by atoms with van der Waals surface area (Å²) in [4.78, 5) is 69.1. The number of hydrogen-bond acceptors (Lipinski definition) is 9. The van der Waals surface area contributed by atoms with E-state index in [4.69, 9.17) is 9.47 Å². The maximum atomic E-state index is 14.3. The molecule has 288 valence electrons. The van der Waals surface area contributed by atoms with E-state index >= 15 is 0 Å². The monoisotopic (exact) mass is 745 g/mol. The van der Waals surface area contributed by atoms with Crippen molar-refractivity contribution in [3.05, 3.63) is 60.2 Å². The Bertz CT molecular complexity index is 1640. The smallest absolute Gasteiger partial charge is 0.408 e. The maximum absolute atomic E-state index is 14.3. The molecule has 15 heteroatoms. The standard InChI is InChI=1S/C37H55N5O9S/c1-11-14-22(2)24(4)29(32(44)41-52(48,49)27-17-18-27)39-31(43)28-19-26(50-34(46)38-20-25-16-13-12-15-23(25)3)21-42(28)33(45)30(36(5,6)7)40-35(47)51-37(8,9)10/h11-13,15-16,24,26-30H,1-2,14,17-21H2,3-10H3,(H,38,46)(H,39,43)(H,40,47)(H,41,44)/t24-,26?,28-,29-,30+/m0/s1. The van der Waals surface area contributed by atoms with Gasteiger partial charge in [-0.3, -0.25) is 19.1 Å². The van der Waals surface area contributed by atoms with Gasteiger partial charge >= 0.3 is 12.2 Å². The lowest BCUT2D eigenvalue weighted by atomic mass is 9.85. The number of ether oxygens (including phenoxy) is 2. The minimum atomic E-state index is -3.97. The van der Waals surface area contributed by atoms with Gasteiger partial charge in [0.25, 0.3) is 5.91 Å². The van der Waals surface area contributed by atoms with Gasteiger partial charge in [-0.1, -0.05) is 70.2 Å². The summed E-state index contributed by atoms with van der Waals surface area (Å²) in [6, 6.07) is 3.65. The van der Waals surface area contributed by atoms with Crippen molar-refractivity contribution < 1.29 is 41.9 Å². The highest BCUT2D eigenvalue weighted by Crippen LogP contribution is 2.30. The number of rotatable bonds is 14. The number of alkyl carbamates (subject to hydrolysis) is 2. The van der Waals surface area contributed by atoms with Gasteiger partial charge in [0.1, 0.15) is 29.8 Å². The number of hydrogen-bond donors (Lipinski definition) is 4. The van der Waals surface area contributed by atoms with Crippen LogP contribution in [0.2, 0.25) is 0 Å². The Hall–Kier alpha value is -4.40. The van der Waals surface area contributed by atoms with Crippen LogP contribution in [0.4, 0.5) is 9.59 Å². The molecule has 1 aliphatic carbocycles. The van der Waals surface area contributed by atoms with Crippen molar-refractivity contribution in [2.75, 3.05) is 6.54 Å². The van der Waals surface area contributed by atoms with Gasteiger partial charge in [-0.05, 0) is 63.5 Å². The predicted molar refractivity (Wildman–Crippen MR) is 196 cm³/mol. The molecule has 0 bridgehead atoms. The highest BCUT2D eigenvalue weighted by Gasteiger charge is 2.48. The molecule has 3 rings (SSSR count). The van der Waals surface area contributed by atoms with E-state index in [0.29, 0.717) is 24.8 Å².